The summed E-state index contributed by atoms with van der Waals surface area (Å²) >= 11 is 0. The quantitative estimate of drug-likeness (QED) is 0.297. The van der Waals surface area contributed by atoms with Crippen LogP contribution in [0.25, 0.3) is 0 Å². The summed E-state index contributed by atoms with van der Waals surface area (Å²) in [7, 11) is -4.20. The van der Waals surface area contributed by atoms with Crippen molar-refractivity contribution >= 4 is 7.82 Å². The summed E-state index contributed by atoms with van der Waals surface area (Å²) in [6.45, 7) is 2.06. The van der Waals surface area contributed by atoms with Crippen LogP contribution in [0.1, 0.15) is 21.2 Å². The molecule has 0 aromatic heterocycles. The van der Waals surface area contributed by atoms with Gasteiger partial charge in [-0.3, -0.25) is 4.52 Å². The fourth-order valence-corrected chi connectivity index (χ4v) is 0.695. The monoisotopic (exact) mass is 178 g/mol. The van der Waals surface area contributed by atoms with E-state index in [0.29, 0.717) is 6.42 Å². The zero-order valence-electron chi connectivity index (χ0n) is 7.28. The predicted molar refractivity (Wildman–Crippen MR) is 34.0 cm³/mol. The molecule has 0 unspecified atom stereocenters. The number of hydrogen-bond acceptors (Lipinski definition) is 2. The van der Waals surface area contributed by atoms with E-state index in [0.717, 1.165) is 6.42 Å². The van der Waals surface area contributed by atoms with Crippen molar-refractivity contribution in [1.82, 2.24) is 0 Å². The van der Waals surface area contributed by atoms with E-state index < -0.39 is 7.82 Å². The van der Waals surface area contributed by atoms with Crippen LogP contribution in [0, 0.1) is 0 Å². The molecule has 0 aliphatic carbocycles. The Morgan fingerprint density at radius 2 is 2.10 bits per heavy atom. The molecule has 0 saturated carbocycles. The van der Waals surface area contributed by atoms with Gasteiger partial charge in [0.25, 0.3) is 0 Å². The van der Waals surface area contributed by atoms with Gasteiger partial charge in [0.05, 0.1) is 6.61 Å². The van der Waals surface area contributed by atoms with Gasteiger partial charge in [0.15, 0.2) is 0 Å². The number of unbranched alkanes of at least 4 members (excludes halogenated alkanes) is 1. The van der Waals surface area contributed by atoms with Crippen molar-refractivity contribution in [3.63, 3.8) is 0 Å². The third-order valence-corrected chi connectivity index (χ3v) is 1.28. The third-order valence-electron chi connectivity index (χ3n) is 0.757. The molecule has 0 saturated heterocycles. The summed E-state index contributed by atoms with van der Waals surface area (Å²) in [5, 5.41) is 0. The van der Waals surface area contributed by atoms with Crippen molar-refractivity contribution in [3.05, 3.63) is 0 Å². The molecule has 0 aromatic carbocycles. The second kappa shape index (κ2) is 6.80. The third kappa shape index (κ3) is 11.9. The van der Waals surface area contributed by atoms with Gasteiger partial charge in [0.2, 0.25) is 0 Å². The van der Waals surface area contributed by atoms with E-state index >= 15 is 0 Å². The normalized spacial score (nSPS) is 10.7. The maximum atomic E-state index is 9.98. The number of hydrogen-bond donors (Lipinski definition) is 2. The van der Waals surface area contributed by atoms with Crippen LogP contribution in [-0.4, -0.2) is 16.4 Å². The number of phosphoric ester groups is 1. The molecule has 0 fully saturated rings. The Hall–Kier alpha value is 1.11. The van der Waals surface area contributed by atoms with Gasteiger partial charge in [0, 0.05) is 0 Å². The Labute approximate surface area is 84.0 Å². The van der Waals surface area contributed by atoms with Gasteiger partial charge >= 0.3 is 37.4 Å². The first-order chi connectivity index (χ1) is 4.06. The van der Waals surface area contributed by atoms with Gasteiger partial charge in [0.1, 0.15) is 0 Å². The van der Waals surface area contributed by atoms with Crippen molar-refractivity contribution in [2.45, 2.75) is 19.8 Å². The molecule has 10 heavy (non-hydrogen) atoms. The van der Waals surface area contributed by atoms with Crippen LogP contribution in [-0.2, 0) is 9.09 Å². The van der Waals surface area contributed by atoms with E-state index in [1.165, 1.54) is 0 Å². The molecule has 0 rings (SSSR count). The fourth-order valence-electron chi connectivity index (χ4n) is 0.328. The van der Waals surface area contributed by atoms with Crippen LogP contribution in [0.2, 0.25) is 0 Å². The summed E-state index contributed by atoms with van der Waals surface area (Å²) in [4.78, 5) is 16.3. The van der Waals surface area contributed by atoms with E-state index in [1.807, 2.05) is 6.92 Å². The Bertz CT molecular complexity index is 117. The van der Waals surface area contributed by atoms with E-state index in [1.54, 1.807) is 0 Å². The predicted octanol–water partition coefficient (Wildman–Crippen LogP) is -1.99. The average molecular weight is 178 g/mol. The van der Waals surface area contributed by atoms with Crippen LogP contribution in [0.15, 0.2) is 0 Å². The molecule has 4 nitrogen and oxygen atoms in total. The topological polar surface area (TPSA) is 66.8 Å². The summed E-state index contributed by atoms with van der Waals surface area (Å²) in [6, 6.07) is 0. The van der Waals surface area contributed by atoms with Crippen LogP contribution in [0.3, 0.4) is 0 Å². The first-order valence-electron chi connectivity index (χ1n) is 2.76. The fraction of sp³-hybridized carbons (Fsp3) is 1.00. The standard InChI is InChI=1S/C4H11O4P.Na.H/c1-2-3-4-8-9(5,6)7;;/h2-4H2,1H3,(H2,5,6,7);;/q;+1;-1. The number of rotatable bonds is 4. The SMILES string of the molecule is CCCCOP(=O)(O)O.[H-].[Na+]. The van der Waals surface area contributed by atoms with Crippen molar-refractivity contribution < 1.29 is 49.9 Å². The smallest absolute Gasteiger partial charge is 1.00 e. The van der Waals surface area contributed by atoms with Crippen molar-refractivity contribution in [3.8, 4) is 0 Å². The average Bonchev–Trinajstić information content (AvgIpc) is 1.63. The second-order valence-electron chi connectivity index (χ2n) is 1.68. The molecular weight excluding hydrogens is 166 g/mol. The number of phosphoric acid groups is 1. The molecule has 0 radical (unpaired) electrons. The van der Waals surface area contributed by atoms with E-state index in [-0.39, 0.29) is 37.6 Å². The summed E-state index contributed by atoms with van der Waals surface area (Å²) in [5.41, 5.74) is 0. The molecule has 0 aliphatic heterocycles. The summed E-state index contributed by atoms with van der Waals surface area (Å²) < 4.78 is 14.1. The van der Waals surface area contributed by atoms with Crippen LogP contribution in [0.4, 0.5) is 0 Å². The van der Waals surface area contributed by atoms with Gasteiger partial charge in [-0.05, 0) is 6.42 Å². The molecule has 0 bridgehead atoms. The van der Waals surface area contributed by atoms with E-state index in [9.17, 15) is 4.57 Å². The maximum absolute atomic E-state index is 9.98. The largest absolute Gasteiger partial charge is 1.00 e. The van der Waals surface area contributed by atoms with Crippen LogP contribution >= 0.6 is 7.82 Å². The molecule has 0 aromatic rings. The van der Waals surface area contributed by atoms with Crippen molar-refractivity contribution in [2.75, 3.05) is 6.61 Å². The molecule has 0 aliphatic rings. The van der Waals surface area contributed by atoms with E-state index in [2.05, 4.69) is 4.52 Å². The molecule has 0 amide bonds. The molecule has 0 atom stereocenters. The molecular formula is C4H12NaO4P. The first-order valence-corrected chi connectivity index (χ1v) is 4.29. The van der Waals surface area contributed by atoms with Gasteiger partial charge in [-0.15, -0.1) is 0 Å². The second-order valence-corrected chi connectivity index (χ2v) is 2.92. The Kier molecular flexibility index (Phi) is 9.30. The minimum absolute atomic E-state index is 0. The van der Waals surface area contributed by atoms with Gasteiger partial charge in [-0.2, -0.15) is 0 Å². The Balaban J connectivity index is -0.000000320. The van der Waals surface area contributed by atoms with Gasteiger partial charge in [-0.1, -0.05) is 13.3 Å². The van der Waals surface area contributed by atoms with Crippen molar-refractivity contribution in [2.24, 2.45) is 0 Å². The molecule has 0 spiro atoms. The molecule has 0 heterocycles. The Morgan fingerprint density at radius 3 is 2.40 bits per heavy atom. The van der Waals surface area contributed by atoms with E-state index in [4.69, 9.17) is 9.79 Å². The molecule has 58 valence electrons. The zero-order valence-corrected chi connectivity index (χ0v) is 9.17. The summed E-state index contributed by atoms with van der Waals surface area (Å²) in [6.07, 6.45) is 1.56. The Morgan fingerprint density at radius 1 is 1.60 bits per heavy atom. The van der Waals surface area contributed by atoms with Gasteiger partial charge < -0.3 is 11.2 Å². The van der Waals surface area contributed by atoms with Crippen LogP contribution in [0.5, 0.6) is 0 Å². The maximum Gasteiger partial charge on any atom is 1.00 e. The van der Waals surface area contributed by atoms with Gasteiger partial charge in [-0.25, -0.2) is 4.57 Å². The summed E-state index contributed by atoms with van der Waals surface area (Å²) in [5.74, 6) is 0. The first kappa shape index (κ1) is 13.7. The minimum Gasteiger partial charge on any atom is -1.00 e. The molecule has 2 N–H and O–H groups in total. The minimum atomic E-state index is -4.20. The molecule has 6 heteroatoms. The zero-order chi connectivity index (χ0) is 7.33. The van der Waals surface area contributed by atoms with Crippen LogP contribution < -0.4 is 29.6 Å². The van der Waals surface area contributed by atoms with Crippen molar-refractivity contribution in [1.29, 1.82) is 0 Å².